The zero-order valence-electron chi connectivity index (χ0n) is 7.54. The maximum absolute atomic E-state index is 10.8. The second-order valence-electron chi connectivity index (χ2n) is 2.17. The lowest BCUT2D eigenvalue weighted by atomic mass is 10.8. The molecule has 0 aromatic carbocycles. The van der Waals surface area contributed by atoms with Gasteiger partial charge in [0.25, 0.3) is 20.2 Å². The molecule has 0 fully saturated rings. The molecular formula is C7H8O6S2. The van der Waals surface area contributed by atoms with Crippen LogP contribution >= 0.6 is 0 Å². The van der Waals surface area contributed by atoms with Crippen LogP contribution in [0.2, 0.25) is 0 Å². The van der Waals surface area contributed by atoms with E-state index in [0.29, 0.717) is 0 Å². The average Bonchev–Trinajstić information content (AvgIpc) is 2.02. The number of hydrogen-bond donors (Lipinski definition) is 0. The summed E-state index contributed by atoms with van der Waals surface area (Å²) in [4.78, 5) is 0. The topological polar surface area (TPSA) is 86.7 Å². The van der Waals surface area contributed by atoms with Crippen molar-refractivity contribution >= 4 is 20.2 Å². The molecule has 0 unspecified atom stereocenters. The molecule has 0 amide bonds. The highest BCUT2D eigenvalue weighted by Gasteiger charge is 2.13. The van der Waals surface area contributed by atoms with Gasteiger partial charge in [0.2, 0.25) is 0 Å². The van der Waals surface area contributed by atoms with Crippen LogP contribution in [0.4, 0.5) is 0 Å². The third kappa shape index (κ3) is 6.94. The Labute approximate surface area is 88.8 Å². The maximum atomic E-state index is 10.8. The van der Waals surface area contributed by atoms with Crippen molar-refractivity contribution < 1.29 is 25.2 Å². The van der Waals surface area contributed by atoms with Gasteiger partial charge in [-0.1, -0.05) is 11.8 Å². The monoisotopic (exact) mass is 252 g/mol. The van der Waals surface area contributed by atoms with Crippen molar-refractivity contribution in [2.75, 3.05) is 18.3 Å². The van der Waals surface area contributed by atoms with Crippen molar-refractivity contribution in [1.82, 2.24) is 0 Å². The summed E-state index contributed by atoms with van der Waals surface area (Å²) in [6, 6.07) is 0. The molecule has 84 valence electrons. The summed E-state index contributed by atoms with van der Waals surface area (Å²) in [6.07, 6.45) is 9.45. The van der Waals surface area contributed by atoms with Gasteiger partial charge in [-0.3, -0.25) is 0 Å². The van der Waals surface area contributed by atoms with E-state index in [4.69, 9.17) is 12.8 Å². The van der Waals surface area contributed by atoms with E-state index in [-0.39, 0.29) is 0 Å². The van der Waals surface area contributed by atoms with Crippen LogP contribution in [0.25, 0.3) is 0 Å². The lowest BCUT2D eigenvalue weighted by molar-refractivity contribution is 0.133. The first-order valence-electron chi connectivity index (χ1n) is 3.44. The van der Waals surface area contributed by atoms with Gasteiger partial charge in [-0.05, 0) is 0 Å². The fourth-order valence-corrected chi connectivity index (χ4v) is 1.48. The van der Waals surface area contributed by atoms with Crippen LogP contribution in [0.1, 0.15) is 0 Å². The van der Waals surface area contributed by atoms with Crippen LogP contribution in [-0.4, -0.2) is 35.1 Å². The first-order chi connectivity index (χ1) is 6.83. The maximum Gasteiger partial charge on any atom is 0.281 e. The lowest BCUT2D eigenvalue weighted by Crippen LogP contribution is -2.16. The molecule has 0 aromatic heterocycles. The van der Waals surface area contributed by atoms with Crippen molar-refractivity contribution in [3.8, 4) is 24.7 Å². The highest BCUT2D eigenvalue weighted by Crippen LogP contribution is 1.97. The largest absolute Gasteiger partial charge is 0.281 e. The molecular weight excluding hydrogens is 244 g/mol. The predicted molar refractivity (Wildman–Crippen MR) is 52.3 cm³/mol. The minimum atomic E-state index is -3.95. The minimum Gasteiger partial charge on any atom is -0.239 e. The van der Waals surface area contributed by atoms with E-state index in [1.165, 1.54) is 0 Å². The quantitative estimate of drug-likeness (QED) is 0.339. The molecule has 0 aromatic rings. The number of terminal acetylenes is 2. The molecule has 0 aliphatic carbocycles. The Kier molecular flexibility index (Phi) is 5.33. The van der Waals surface area contributed by atoms with Crippen LogP contribution < -0.4 is 0 Å². The molecule has 0 aliphatic heterocycles. The molecule has 0 atom stereocenters. The molecule has 0 saturated carbocycles. The van der Waals surface area contributed by atoms with Crippen LogP contribution in [0.3, 0.4) is 0 Å². The molecule has 0 rings (SSSR count). The summed E-state index contributed by atoms with van der Waals surface area (Å²) in [5.74, 6) is 2.34. The summed E-state index contributed by atoms with van der Waals surface area (Å²) in [5, 5.41) is 0. The van der Waals surface area contributed by atoms with Gasteiger partial charge in [0.1, 0.15) is 11.5 Å². The molecule has 0 aliphatic rings. The summed E-state index contributed by atoms with van der Waals surface area (Å²) >= 11 is 0. The SMILES string of the molecule is C#CCS(=O)(=O)OCOS(=O)(=O)CC#C. The number of rotatable bonds is 6. The molecule has 0 N–H and O–H groups in total. The second-order valence-corrected chi connectivity index (χ2v) is 5.45. The zero-order chi connectivity index (χ0) is 11.9. The summed E-state index contributed by atoms with van der Waals surface area (Å²) in [7, 11) is -7.89. The standard InChI is InChI=1S/C7H8O6S2/c1-3-5-14(8,9)12-7-13-15(10,11)6-4-2/h1-2H,5-7H2. The highest BCUT2D eigenvalue weighted by atomic mass is 32.2. The smallest absolute Gasteiger partial charge is 0.239 e. The van der Waals surface area contributed by atoms with Crippen LogP contribution in [0.15, 0.2) is 0 Å². The van der Waals surface area contributed by atoms with Gasteiger partial charge in [0.15, 0.2) is 6.79 Å². The van der Waals surface area contributed by atoms with Crippen molar-refractivity contribution in [2.24, 2.45) is 0 Å². The molecule has 8 heteroatoms. The first kappa shape index (κ1) is 13.9. The average molecular weight is 252 g/mol. The van der Waals surface area contributed by atoms with Gasteiger partial charge in [-0.25, -0.2) is 8.37 Å². The van der Waals surface area contributed by atoms with E-state index in [2.05, 4.69) is 8.37 Å². The van der Waals surface area contributed by atoms with E-state index < -0.39 is 38.5 Å². The zero-order valence-corrected chi connectivity index (χ0v) is 9.18. The van der Waals surface area contributed by atoms with Gasteiger partial charge in [-0.2, -0.15) is 16.8 Å². The van der Waals surface area contributed by atoms with Gasteiger partial charge < -0.3 is 0 Å². The Bertz CT molecular complexity index is 427. The molecule has 0 radical (unpaired) electrons. The lowest BCUT2D eigenvalue weighted by Gasteiger charge is -2.03. The normalized spacial score (nSPS) is 11.6. The Balaban J connectivity index is 4.14. The van der Waals surface area contributed by atoms with Crippen LogP contribution in [0, 0.1) is 24.7 Å². The fourth-order valence-electron chi connectivity index (χ4n) is 0.454. The molecule has 0 bridgehead atoms. The minimum absolute atomic E-state index is 0.661. The summed E-state index contributed by atoms with van der Waals surface area (Å²) in [5.41, 5.74) is 0. The summed E-state index contributed by atoms with van der Waals surface area (Å²) in [6.45, 7) is -0.964. The predicted octanol–water partition coefficient (Wildman–Crippen LogP) is -1.10. The van der Waals surface area contributed by atoms with Gasteiger partial charge in [0.05, 0.1) is 0 Å². The van der Waals surface area contributed by atoms with E-state index >= 15 is 0 Å². The summed E-state index contributed by atoms with van der Waals surface area (Å²) < 4.78 is 51.4. The molecule has 0 spiro atoms. The second kappa shape index (κ2) is 5.73. The van der Waals surface area contributed by atoms with Crippen molar-refractivity contribution in [2.45, 2.75) is 0 Å². The Morgan fingerprint density at radius 3 is 1.47 bits per heavy atom. The molecule has 0 saturated heterocycles. The van der Waals surface area contributed by atoms with Gasteiger partial charge in [0, 0.05) is 0 Å². The highest BCUT2D eigenvalue weighted by molar-refractivity contribution is 7.87. The van der Waals surface area contributed by atoms with E-state index in [9.17, 15) is 16.8 Å². The first-order valence-corrected chi connectivity index (χ1v) is 6.59. The van der Waals surface area contributed by atoms with Crippen molar-refractivity contribution in [3.05, 3.63) is 0 Å². The Morgan fingerprint density at radius 2 is 1.20 bits per heavy atom. The van der Waals surface area contributed by atoms with E-state index in [0.717, 1.165) is 0 Å². The van der Waals surface area contributed by atoms with Gasteiger partial charge >= 0.3 is 0 Å². The third-order valence-electron chi connectivity index (χ3n) is 0.976. The molecule has 6 nitrogen and oxygen atoms in total. The number of hydrogen-bond acceptors (Lipinski definition) is 6. The van der Waals surface area contributed by atoms with Gasteiger partial charge in [-0.15, -0.1) is 12.8 Å². The third-order valence-corrected chi connectivity index (χ3v) is 2.93. The van der Waals surface area contributed by atoms with E-state index in [1.807, 2.05) is 11.8 Å². The van der Waals surface area contributed by atoms with Crippen molar-refractivity contribution in [1.29, 1.82) is 0 Å². The van der Waals surface area contributed by atoms with Crippen LogP contribution in [0.5, 0.6) is 0 Å². The van der Waals surface area contributed by atoms with Crippen molar-refractivity contribution in [3.63, 3.8) is 0 Å². The molecule has 15 heavy (non-hydrogen) atoms. The van der Waals surface area contributed by atoms with E-state index in [1.54, 1.807) is 0 Å². The molecule has 0 heterocycles. The van der Waals surface area contributed by atoms with Crippen LogP contribution in [-0.2, 0) is 28.6 Å². The Hall–Kier alpha value is -1.06. The fraction of sp³-hybridized carbons (Fsp3) is 0.429. The Morgan fingerprint density at radius 1 is 0.867 bits per heavy atom.